The van der Waals surface area contributed by atoms with Gasteiger partial charge < -0.3 is 4.74 Å². The number of carbonyl (C=O) groups excluding carboxylic acids is 1. The molecule has 0 radical (unpaired) electrons. The Morgan fingerprint density at radius 2 is 2.08 bits per heavy atom. The van der Waals surface area contributed by atoms with Crippen molar-refractivity contribution in [2.24, 2.45) is 10.8 Å². The second-order valence-electron chi connectivity index (χ2n) is 8.07. The van der Waals surface area contributed by atoms with E-state index in [0.29, 0.717) is 23.6 Å². The maximum Gasteiger partial charge on any atom is 0.357 e. The van der Waals surface area contributed by atoms with Gasteiger partial charge in [-0.3, -0.25) is 4.68 Å². The van der Waals surface area contributed by atoms with Crippen molar-refractivity contribution in [1.29, 1.82) is 0 Å². The fraction of sp³-hybridized carbons (Fsp3) is 0.765. The molecular formula is C17H21F2IN2O2. The molecule has 3 aliphatic carbocycles. The molecule has 4 nitrogen and oxygen atoms in total. The van der Waals surface area contributed by atoms with Crippen LogP contribution >= 0.6 is 22.6 Å². The number of halogens is 3. The Morgan fingerprint density at radius 1 is 1.42 bits per heavy atom. The number of alkyl halides is 2. The number of rotatable bonds is 5. The van der Waals surface area contributed by atoms with Crippen LogP contribution in [0.1, 0.15) is 68.1 Å². The molecule has 0 N–H and O–H groups in total. The van der Waals surface area contributed by atoms with Gasteiger partial charge in [-0.25, -0.2) is 13.6 Å². The molecule has 0 amide bonds. The van der Waals surface area contributed by atoms with E-state index in [1.807, 2.05) is 6.92 Å². The van der Waals surface area contributed by atoms with E-state index < -0.39 is 17.3 Å². The molecule has 1 heterocycles. The number of esters is 1. The Hall–Kier alpha value is -0.730. The van der Waals surface area contributed by atoms with Crippen LogP contribution in [0.4, 0.5) is 8.78 Å². The van der Waals surface area contributed by atoms with E-state index in [-0.39, 0.29) is 19.4 Å². The summed E-state index contributed by atoms with van der Waals surface area (Å²) >= 11 is 2.17. The van der Waals surface area contributed by atoms with Crippen LogP contribution in [-0.2, 0) is 11.3 Å². The first-order valence-electron chi connectivity index (χ1n) is 8.50. The average Bonchev–Trinajstić information content (AvgIpc) is 3.32. The second kappa shape index (κ2) is 5.14. The minimum Gasteiger partial charge on any atom is -0.461 e. The summed E-state index contributed by atoms with van der Waals surface area (Å²) < 4.78 is 34.3. The van der Waals surface area contributed by atoms with Gasteiger partial charge in [-0.15, -0.1) is 0 Å². The highest BCUT2D eigenvalue weighted by molar-refractivity contribution is 14.1. The van der Waals surface area contributed by atoms with Crippen LogP contribution in [0.2, 0.25) is 0 Å². The molecule has 1 aromatic rings. The van der Waals surface area contributed by atoms with Gasteiger partial charge in [-0.05, 0) is 59.6 Å². The van der Waals surface area contributed by atoms with Crippen molar-refractivity contribution < 1.29 is 18.3 Å². The normalized spacial score (nSPS) is 27.6. The van der Waals surface area contributed by atoms with Crippen molar-refractivity contribution >= 4 is 28.6 Å². The van der Waals surface area contributed by atoms with Crippen molar-refractivity contribution in [1.82, 2.24) is 9.78 Å². The molecule has 0 aromatic carbocycles. The Labute approximate surface area is 153 Å². The summed E-state index contributed by atoms with van der Waals surface area (Å²) in [7, 11) is 0. The molecule has 1 unspecified atom stereocenters. The lowest BCUT2D eigenvalue weighted by Gasteiger charge is -2.44. The van der Waals surface area contributed by atoms with Gasteiger partial charge in [0, 0.05) is 25.3 Å². The molecule has 0 aliphatic heterocycles. The highest BCUT2D eigenvalue weighted by atomic mass is 127. The van der Waals surface area contributed by atoms with Crippen molar-refractivity contribution in [2.45, 2.75) is 64.3 Å². The monoisotopic (exact) mass is 450 g/mol. The predicted molar refractivity (Wildman–Crippen MR) is 92.2 cm³/mol. The molecule has 24 heavy (non-hydrogen) atoms. The predicted octanol–water partition coefficient (Wildman–Crippen LogP) is 4.37. The van der Waals surface area contributed by atoms with Gasteiger partial charge in [0.15, 0.2) is 5.69 Å². The summed E-state index contributed by atoms with van der Waals surface area (Å²) in [6.45, 7) is 4.23. The molecule has 1 atom stereocenters. The lowest BCUT2D eigenvalue weighted by molar-refractivity contribution is -0.160. The van der Waals surface area contributed by atoms with Crippen LogP contribution in [-0.4, -0.2) is 28.3 Å². The zero-order valence-corrected chi connectivity index (χ0v) is 16.0. The first-order chi connectivity index (χ1) is 11.2. The average molecular weight is 450 g/mol. The molecule has 1 aromatic heterocycles. The van der Waals surface area contributed by atoms with Crippen molar-refractivity contribution in [3.8, 4) is 0 Å². The van der Waals surface area contributed by atoms with Crippen LogP contribution in [0, 0.1) is 14.4 Å². The molecule has 7 heteroatoms. The van der Waals surface area contributed by atoms with Crippen LogP contribution in [0.25, 0.3) is 0 Å². The highest BCUT2D eigenvalue weighted by Gasteiger charge is 2.64. The first-order valence-corrected chi connectivity index (χ1v) is 9.58. The van der Waals surface area contributed by atoms with Gasteiger partial charge in [-0.2, -0.15) is 5.10 Å². The van der Waals surface area contributed by atoms with E-state index in [1.54, 1.807) is 11.6 Å². The van der Waals surface area contributed by atoms with Gasteiger partial charge >= 0.3 is 5.97 Å². The zero-order valence-electron chi connectivity index (χ0n) is 13.9. The number of hydrogen-bond acceptors (Lipinski definition) is 3. The van der Waals surface area contributed by atoms with E-state index in [0.717, 1.165) is 15.7 Å². The summed E-state index contributed by atoms with van der Waals surface area (Å²) in [5.74, 6) is -2.56. The summed E-state index contributed by atoms with van der Waals surface area (Å²) in [4.78, 5) is 12.4. The minimum absolute atomic E-state index is 0.151. The third-order valence-corrected chi connectivity index (χ3v) is 6.77. The lowest BCUT2D eigenvalue weighted by Crippen LogP contribution is -2.47. The molecule has 4 rings (SSSR count). The fourth-order valence-corrected chi connectivity index (χ4v) is 5.29. The summed E-state index contributed by atoms with van der Waals surface area (Å²) in [5, 5.41) is 4.69. The second-order valence-corrected chi connectivity index (χ2v) is 9.14. The van der Waals surface area contributed by atoms with Crippen molar-refractivity contribution in [3.63, 3.8) is 0 Å². The molecule has 1 spiro atoms. The third-order valence-electron chi connectivity index (χ3n) is 5.70. The smallest absolute Gasteiger partial charge is 0.357 e. The van der Waals surface area contributed by atoms with E-state index >= 15 is 0 Å². The van der Waals surface area contributed by atoms with Crippen LogP contribution in [0.5, 0.6) is 0 Å². The Morgan fingerprint density at radius 3 is 2.58 bits per heavy atom. The van der Waals surface area contributed by atoms with E-state index in [9.17, 15) is 13.6 Å². The van der Waals surface area contributed by atoms with Crippen LogP contribution in [0.15, 0.2) is 0 Å². The van der Waals surface area contributed by atoms with Gasteiger partial charge in [-0.1, -0.05) is 6.92 Å². The third kappa shape index (κ3) is 2.66. The van der Waals surface area contributed by atoms with Gasteiger partial charge in [0.1, 0.15) is 0 Å². The quantitative estimate of drug-likeness (QED) is 0.495. The fourth-order valence-electron chi connectivity index (χ4n) is 4.31. The lowest BCUT2D eigenvalue weighted by atomic mass is 9.67. The van der Waals surface area contributed by atoms with Crippen molar-refractivity contribution in [3.05, 3.63) is 15.0 Å². The SMILES string of the molecule is CCOC(=O)c1c(I)c(C2CC23CC3)nn1CC1(C)CC(F)(F)C1. The molecule has 0 bridgehead atoms. The van der Waals surface area contributed by atoms with E-state index in [1.165, 1.54) is 12.8 Å². The molecule has 132 valence electrons. The van der Waals surface area contributed by atoms with Gasteiger partial charge in [0.25, 0.3) is 0 Å². The molecule has 3 aliphatic rings. The first kappa shape index (κ1) is 16.7. The van der Waals surface area contributed by atoms with Gasteiger partial charge in [0.05, 0.1) is 15.9 Å². The van der Waals surface area contributed by atoms with Crippen LogP contribution in [0.3, 0.4) is 0 Å². The van der Waals surface area contributed by atoms with Crippen LogP contribution < -0.4 is 0 Å². The summed E-state index contributed by atoms with van der Waals surface area (Å²) in [6.07, 6.45) is 3.30. The highest BCUT2D eigenvalue weighted by Crippen LogP contribution is 2.75. The maximum atomic E-state index is 13.3. The Balaban J connectivity index is 1.64. The Bertz CT molecular complexity index is 704. The summed E-state index contributed by atoms with van der Waals surface area (Å²) in [6, 6.07) is 0. The van der Waals surface area contributed by atoms with Gasteiger partial charge in [0.2, 0.25) is 5.92 Å². The molecule has 0 saturated heterocycles. The molecule has 3 saturated carbocycles. The Kier molecular flexibility index (Phi) is 3.58. The summed E-state index contributed by atoms with van der Waals surface area (Å²) in [5.41, 5.74) is 1.31. The standard InChI is InChI=1S/C17H21F2IN2O2/c1-3-24-14(23)13-11(20)12(10-6-16(10)4-5-16)21-22(13)9-15(2)7-17(18,19)8-15/h10H,3-9H2,1-2H3. The minimum atomic E-state index is -2.59. The number of aromatic nitrogens is 2. The number of nitrogens with zero attached hydrogens (tertiary/aromatic N) is 2. The zero-order chi connectivity index (χ0) is 17.3. The largest absolute Gasteiger partial charge is 0.461 e. The molecule has 3 fully saturated rings. The topological polar surface area (TPSA) is 44.1 Å². The van der Waals surface area contributed by atoms with Crippen molar-refractivity contribution in [2.75, 3.05) is 6.61 Å². The number of hydrogen-bond donors (Lipinski definition) is 0. The number of ether oxygens (including phenoxy) is 1. The molecular weight excluding hydrogens is 429 g/mol. The maximum absolute atomic E-state index is 13.3. The number of carbonyl (C=O) groups is 1. The van der Waals surface area contributed by atoms with E-state index in [4.69, 9.17) is 4.74 Å². The van der Waals surface area contributed by atoms with E-state index in [2.05, 4.69) is 27.7 Å².